The first kappa shape index (κ1) is 15.8. The summed E-state index contributed by atoms with van der Waals surface area (Å²) in [6.45, 7) is 0. The fourth-order valence-corrected chi connectivity index (χ4v) is 2.26. The Morgan fingerprint density at radius 2 is 1.23 bits per heavy atom. The minimum Gasteiger partial charge on any atom is -0.481 e. The van der Waals surface area contributed by atoms with Crippen LogP contribution in [0.5, 0.6) is 0 Å². The molecule has 0 atom stereocenters. The summed E-state index contributed by atoms with van der Waals surface area (Å²) in [5, 5.41) is 8.65. The summed E-state index contributed by atoms with van der Waals surface area (Å²) in [4.78, 5) is 24.8. The number of rotatable bonds is 7. The monoisotopic (exact) mass is 297 g/mol. The number of carbonyl (C=O) groups excluding carboxylic acids is 1. The molecule has 4 nitrogen and oxygen atoms in total. The topological polar surface area (TPSA) is 57.6 Å². The Labute approximate surface area is 130 Å². The first-order chi connectivity index (χ1) is 10.7. The number of amides is 1. The van der Waals surface area contributed by atoms with Crippen molar-refractivity contribution >= 4 is 23.3 Å². The fourth-order valence-electron chi connectivity index (χ4n) is 2.26. The van der Waals surface area contributed by atoms with Gasteiger partial charge in [-0.25, -0.2) is 0 Å². The summed E-state index contributed by atoms with van der Waals surface area (Å²) >= 11 is 0. The highest BCUT2D eigenvalue weighted by molar-refractivity contribution is 6.00. The number of benzene rings is 2. The van der Waals surface area contributed by atoms with Crippen LogP contribution in [0.3, 0.4) is 0 Å². The number of carboxylic acid groups (broad SMARTS) is 1. The average molecular weight is 297 g/mol. The summed E-state index contributed by atoms with van der Waals surface area (Å²) in [5.41, 5.74) is 1.63. The molecular formula is C18H19NO3. The van der Waals surface area contributed by atoms with Crippen LogP contribution >= 0.6 is 0 Å². The summed E-state index contributed by atoms with van der Waals surface area (Å²) < 4.78 is 0. The molecule has 0 saturated heterocycles. The molecule has 0 heterocycles. The van der Waals surface area contributed by atoms with E-state index >= 15 is 0 Å². The maximum Gasteiger partial charge on any atom is 0.303 e. The smallest absolute Gasteiger partial charge is 0.303 e. The van der Waals surface area contributed by atoms with Crippen LogP contribution < -0.4 is 4.90 Å². The first-order valence-electron chi connectivity index (χ1n) is 7.33. The van der Waals surface area contributed by atoms with E-state index in [1.54, 1.807) is 4.90 Å². The maximum atomic E-state index is 12.6. The summed E-state index contributed by atoms with van der Waals surface area (Å²) in [7, 11) is 0. The molecule has 0 aliphatic rings. The number of hydrogen-bond acceptors (Lipinski definition) is 2. The third-order valence-corrected chi connectivity index (χ3v) is 3.31. The van der Waals surface area contributed by atoms with Crippen LogP contribution in [0, 0.1) is 0 Å². The number of unbranched alkanes of at least 4 members (excludes halogenated alkanes) is 1. The number of nitrogens with zero attached hydrogens (tertiary/aromatic N) is 1. The zero-order valence-corrected chi connectivity index (χ0v) is 12.3. The van der Waals surface area contributed by atoms with Gasteiger partial charge in [0.25, 0.3) is 0 Å². The van der Waals surface area contributed by atoms with Crippen molar-refractivity contribution in [1.29, 1.82) is 0 Å². The van der Waals surface area contributed by atoms with Gasteiger partial charge < -0.3 is 5.11 Å². The van der Waals surface area contributed by atoms with E-state index < -0.39 is 5.97 Å². The van der Waals surface area contributed by atoms with Crippen molar-refractivity contribution in [2.24, 2.45) is 0 Å². The standard InChI is InChI=1S/C18H19NO3/c20-17(13-7-8-14-18(21)22)19(15-9-3-1-4-10-15)16-11-5-2-6-12-16/h1-6,9-12H,7-8,13-14H2,(H,21,22). The van der Waals surface area contributed by atoms with Gasteiger partial charge in [-0.15, -0.1) is 0 Å². The minimum absolute atomic E-state index is 0.0252. The largest absolute Gasteiger partial charge is 0.481 e. The lowest BCUT2D eigenvalue weighted by molar-refractivity contribution is -0.137. The molecule has 0 spiro atoms. The average Bonchev–Trinajstić information content (AvgIpc) is 2.54. The Morgan fingerprint density at radius 1 is 0.773 bits per heavy atom. The molecule has 0 bridgehead atoms. The molecule has 2 aromatic rings. The van der Waals surface area contributed by atoms with Crippen LogP contribution in [-0.2, 0) is 9.59 Å². The summed E-state index contributed by atoms with van der Waals surface area (Å²) in [5.74, 6) is -0.849. The SMILES string of the molecule is O=C(O)CCCCC(=O)N(c1ccccc1)c1ccccc1. The summed E-state index contributed by atoms with van der Waals surface area (Å²) in [6.07, 6.45) is 1.51. The lowest BCUT2D eigenvalue weighted by Gasteiger charge is -2.23. The van der Waals surface area contributed by atoms with Gasteiger partial charge in [0.05, 0.1) is 0 Å². The van der Waals surface area contributed by atoms with Crippen molar-refractivity contribution in [3.8, 4) is 0 Å². The molecule has 2 aromatic carbocycles. The Bertz CT molecular complexity index is 571. The van der Waals surface area contributed by atoms with Gasteiger partial charge in [-0.1, -0.05) is 36.4 Å². The van der Waals surface area contributed by atoms with E-state index in [-0.39, 0.29) is 12.3 Å². The van der Waals surface area contributed by atoms with Gasteiger partial charge in [0, 0.05) is 24.2 Å². The van der Waals surface area contributed by atoms with Crippen molar-refractivity contribution < 1.29 is 14.7 Å². The Kier molecular flexibility index (Phi) is 5.72. The Balaban J connectivity index is 2.11. The molecular weight excluding hydrogens is 278 g/mol. The van der Waals surface area contributed by atoms with Crippen LogP contribution in [0.15, 0.2) is 60.7 Å². The predicted octanol–water partition coefficient (Wildman–Crippen LogP) is 4.00. The Morgan fingerprint density at radius 3 is 1.68 bits per heavy atom. The number of aliphatic carboxylic acids is 1. The minimum atomic E-state index is -0.824. The van der Waals surface area contributed by atoms with Gasteiger partial charge in [-0.3, -0.25) is 14.5 Å². The highest BCUT2D eigenvalue weighted by Crippen LogP contribution is 2.26. The van der Waals surface area contributed by atoms with E-state index in [1.807, 2.05) is 60.7 Å². The van der Waals surface area contributed by atoms with Gasteiger partial charge >= 0.3 is 5.97 Å². The molecule has 0 radical (unpaired) electrons. The van der Waals surface area contributed by atoms with Crippen LogP contribution in [0.2, 0.25) is 0 Å². The third-order valence-electron chi connectivity index (χ3n) is 3.31. The van der Waals surface area contributed by atoms with Crippen molar-refractivity contribution in [3.63, 3.8) is 0 Å². The number of carboxylic acids is 1. The molecule has 0 unspecified atom stereocenters. The van der Waals surface area contributed by atoms with E-state index in [0.717, 1.165) is 11.4 Å². The predicted molar refractivity (Wildman–Crippen MR) is 86.1 cm³/mol. The number of hydrogen-bond donors (Lipinski definition) is 1. The normalized spacial score (nSPS) is 10.2. The van der Waals surface area contributed by atoms with Crippen molar-refractivity contribution in [3.05, 3.63) is 60.7 Å². The highest BCUT2D eigenvalue weighted by Gasteiger charge is 2.17. The van der Waals surface area contributed by atoms with Crippen molar-refractivity contribution in [1.82, 2.24) is 0 Å². The fraction of sp³-hybridized carbons (Fsp3) is 0.222. The van der Waals surface area contributed by atoms with E-state index in [1.165, 1.54) is 0 Å². The zero-order chi connectivity index (χ0) is 15.8. The Hall–Kier alpha value is -2.62. The number of para-hydroxylation sites is 2. The van der Waals surface area contributed by atoms with E-state index in [4.69, 9.17) is 5.11 Å². The third kappa shape index (κ3) is 4.45. The van der Waals surface area contributed by atoms with Gasteiger partial charge in [-0.2, -0.15) is 0 Å². The second-order valence-electron chi connectivity index (χ2n) is 5.00. The quantitative estimate of drug-likeness (QED) is 0.786. The van der Waals surface area contributed by atoms with Gasteiger partial charge in [0.15, 0.2) is 0 Å². The molecule has 1 amide bonds. The molecule has 0 aliphatic heterocycles. The highest BCUT2D eigenvalue weighted by atomic mass is 16.4. The summed E-state index contributed by atoms with van der Waals surface area (Å²) in [6, 6.07) is 18.9. The molecule has 1 N–H and O–H groups in total. The molecule has 22 heavy (non-hydrogen) atoms. The molecule has 0 saturated carbocycles. The molecule has 114 valence electrons. The van der Waals surface area contributed by atoms with E-state index in [0.29, 0.717) is 19.3 Å². The van der Waals surface area contributed by atoms with Crippen molar-refractivity contribution in [2.45, 2.75) is 25.7 Å². The van der Waals surface area contributed by atoms with E-state index in [2.05, 4.69) is 0 Å². The van der Waals surface area contributed by atoms with Crippen LogP contribution in [-0.4, -0.2) is 17.0 Å². The second kappa shape index (κ2) is 7.98. The van der Waals surface area contributed by atoms with Crippen molar-refractivity contribution in [2.75, 3.05) is 4.90 Å². The second-order valence-corrected chi connectivity index (χ2v) is 5.00. The number of anilines is 2. The lowest BCUT2D eigenvalue weighted by Crippen LogP contribution is -2.25. The van der Waals surface area contributed by atoms with Gasteiger partial charge in [0.2, 0.25) is 5.91 Å². The lowest BCUT2D eigenvalue weighted by atomic mass is 10.1. The van der Waals surface area contributed by atoms with Crippen LogP contribution in [0.25, 0.3) is 0 Å². The molecule has 0 aromatic heterocycles. The molecule has 4 heteroatoms. The van der Waals surface area contributed by atoms with Gasteiger partial charge in [-0.05, 0) is 37.1 Å². The number of carbonyl (C=O) groups is 2. The van der Waals surface area contributed by atoms with Crippen LogP contribution in [0.1, 0.15) is 25.7 Å². The van der Waals surface area contributed by atoms with Gasteiger partial charge in [0.1, 0.15) is 0 Å². The van der Waals surface area contributed by atoms with Crippen LogP contribution in [0.4, 0.5) is 11.4 Å². The van der Waals surface area contributed by atoms with E-state index in [9.17, 15) is 9.59 Å². The molecule has 0 fully saturated rings. The maximum absolute atomic E-state index is 12.6. The molecule has 0 aliphatic carbocycles. The zero-order valence-electron chi connectivity index (χ0n) is 12.3. The molecule has 2 rings (SSSR count). The first-order valence-corrected chi connectivity index (χ1v) is 7.33.